The van der Waals surface area contributed by atoms with E-state index < -0.39 is 5.91 Å². The molecule has 0 aliphatic heterocycles. The van der Waals surface area contributed by atoms with E-state index in [9.17, 15) is 9.59 Å². The Hall–Kier alpha value is -4.01. The first-order chi connectivity index (χ1) is 14.9. The number of primary amides is 1. The van der Waals surface area contributed by atoms with Crippen LogP contribution >= 0.6 is 0 Å². The number of rotatable bonds is 6. The lowest BCUT2D eigenvalue weighted by Gasteiger charge is -2.07. The summed E-state index contributed by atoms with van der Waals surface area (Å²) in [7, 11) is 0. The smallest absolute Gasteiger partial charge is 0.271 e. The van der Waals surface area contributed by atoms with Gasteiger partial charge in [-0.15, -0.1) is 0 Å². The molecule has 0 unspecified atom stereocenters. The molecule has 9 heteroatoms. The standard InChI is InChI=1S/C22H23N7O2/c1-4-28-11-17(20(27-28)21(23)31)25-18(30)12-29-22-19(14(3)26-29)16(9-10-24-22)15-7-5-13(2)6-8-15/h5-11H,4,12H2,1-3H3,(H2,23,31)(H,25,30). The Kier molecular flexibility index (Phi) is 5.24. The van der Waals surface area contributed by atoms with Gasteiger partial charge in [-0.25, -0.2) is 9.67 Å². The zero-order chi connectivity index (χ0) is 22.1. The highest BCUT2D eigenvalue weighted by atomic mass is 16.2. The molecule has 1 aromatic carbocycles. The van der Waals surface area contributed by atoms with E-state index in [1.54, 1.807) is 21.8 Å². The van der Waals surface area contributed by atoms with Gasteiger partial charge in [0, 0.05) is 24.3 Å². The second-order valence-electron chi connectivity index (χ2n) is 7.33. The molecule has 0 bridgehead atoms. The van der Waals surface area contributed by atoms with Crippen LogP contribution in [0.1, 0.15) is 28.7 Å². The average Bonchev–Trinajstić information content (AvgIpc) is 3.29. The van der Waals surface area contributed by atoms with Gasteiger partial charge >= 0.3 is 0 Å². The van der Waals surface area contributed by atoms with Gasteiger partial charge in [-0.2, -0.15) is 10.2 Å². The second-order valence-corrected chi connectivity index (χ2v) is 7.33. The number of hydrogen-bond acceptors (Lipinski definition) is 5. The lowest BCUT2D eigenvalue weighted by atomic mass is 10.0. The van der Waals surface area contributed by atoms with Crippen molar-refractivity contribution in [3.8, 4) is 11.1 Å². The summed E-state index contributed by atoms with van der Waals surface area (Å²) >= 11 is 0. The minimum absolute atomic E-state index is 0.0245. The van der Waals surface area contributed by atoms with Crippen LogP contribution in [0.4, 0.5) is 5.69 Å². The molecule has 3 heterocycles. The maximum Gasteiger partial charge on any atom is 0.271 e. The second kappa shape index (κ2) is 8.02. The number of carbonyl (C=O) groups excluding carboxylic acids is 2. The molecular weight excluding hydrogens is 394 g/mol. The van der Waals surface area contributed by atoms with E-state index in [2.05, 4.69) is 44.8 Å². The molecule has 9 nitrogen and oxygen atoms in total. The van der Waals surface area contributed by atoms with Crippen molar-refractivity contribution >= 4 is 28.5 Å². The number of nitrogens with one attached hydrogen (secondary N) is 1. The molecule has 158 valence electrons. The average molecular weight is 417 g/mol. The summed E-state index contributed by atoms with van der Waals surface area (Å²) in [5, 5.41) is 12.2. The summed E-state index contributed by atoms with van der Waals surface area (Å²) in [6.07, 6.45) is 3.29. The lowest BCUT2D eigenvalue weighted by molar-refractivity contribution is -0.116. The van der Waals surface area contributed by atoms with Gasteiger partial charge in [-0.3, -0.25) is 14.3 Å². The maximum atomic E-state index is 12.7. The molecule has 0 saturated carbocycles. The van der Waals surface area contributed by atoms with E-state index in [0.717, 1.165) is 22.2 Å². The molecule has 31 heavy (non-hydrogen) atoms. The van der Waals surface area contributed by atoms with Gasteiger partial charge in [0.1, 0.15) is 6.54 Å². The summed E-state index contributed by atoms with van der Waals surface area (Å²) in [5.74, 6) is -1.06. The van der Waals surface area contributed by atoms with Gasteiger partial charge in [0.05, 0.1) is 11.4 Å². The van der Waals surface area contributed by atoms with Crippen LogP contribution in [0.15, 0.2) is 42.7 Å². The van der Waals surface area contributed by atoms with Gasteiger partial charge in [0.2, 0.25) is 5.91 Å². The third-order valence-electron chi connectivity index (χ3n) is 5.06. The number of anilines is 1. The Balaban J connectivity index is 1.65. The van der Waals surface area contributed by atoms with Crippen molar-refractivity contribution in [1.82, 2.24) is 24.5 Å². The van der Waals surface area contributed by atoms with Gasteiger partial charge in [-0.1, -0.05) is 29.8 Å². The number of nitrogens with zero attached hydrogens (tertiary/aromatic N) is 5. The van der Waals surface area contributed by atoms with Crippen LogP contribution in [0.5, 0.6) is 0 Å². The van der Waals surface area contributed by atoms with Gasteiger partial charge < -0.3 is 11.1 Å². The molecular formula is C22H23N7O2. The number of nitrogens with two attached hydrogens (primary N) is 1. The highest BCUT2D eigenvalue weighted by Crippen LogP contribution is 2.30. The first-order valence-corrected chi connectivity index (χ1v) is 9.93. The van der Waals surface area contributed by atoms with Crippen LogP contribution in [0, 0.1) is 13.8 Å². The van der Waals surface area contributed by atoms with Crippen molar-refractivity contribution in [3.63, 3.8) is 0 Å². The van der Waals surface area contributed by atoms with Crippen LogP contribution in [0.25, 0.3) is 22.2 Å². The quantitative estimate of drug-likeness (QED) is 0.500. The first-order valence-electron chi connectivity index (χ1n) is 9.93. The number of aromatic nitrogens is 5. The van der Waals surface area contributed by atoms with Crippen LogP contribution in [-0.2, 0) is 17.9 Å². The Labute approximate surface area is 178 Å². The SMILES string of the molecule is CCn1cc(NC(=O)Cn2nc(C)c3c(-c4ccc(C)cc4)ccnc32)c(C(N)=O)n1. The van der Waals surface area contributed by atoms with Gasteiger partial charge in [-0.05, 0) is 38.0 Å². The van der Waals surface area contributed by atoms with Crippen LogP contribution in [0.2, 0.25) is 0 Å². The predicted molar refractivity (Wildman–Crippen MR) is 117 cm³/mol. The first kappa shape index (κ1) is 20.3. The number of aryl methyl sites for hydroxylation is 3. The van der Waals surface area contributed by atoms with Crippen molar-refractivity contribution in [2.45, 2.75) is 33.9 Å². The predicted octanol–water partition coefficient (Wildman–Crippen LogP) is 2.67. The lowest BCUT2D eigenvalue weighted by Crippen LogP contribution is -2.22. The zero-order valence-corrected chi connectivity index (χ0v) is 17.6. The number of carbonyl (C=O) groups is 2. The molecule has 4 rings (SSSR count). The van der Waals surface area contributed by atoms with Gasteiger partial charge in [0.25, 0.3) is 5.91 Å². The largest absolute Gasteiger partial charge is 0.364 e. The van der Waals surface area contributed by atoms with Crippen LogP contribution < -0.4 is 11.1 Å². The Morgan fingerprint density at radius 2 is 1.84 bits per heavy atom. The number of amides is 2. The number of pyridine rings is 1. The third-order valence-corrected chi connectivity index (χ3v) is 5.06. The molecule has 0 saturated heterocycles. The molecule has 0 aliphatic carbocycles. The van der Waals surface area contributed by atoms with E-state index in [4.69, 9.17) is 5.73 Å². The Morgan fingerprint density at radius 1 is 1.10 bits per heavy atom. The van der Waals surface area contributed by atoms with Crippen LogP contribution in [0.3, 0.4) is 0 Å². The minimum Gasteiger partial charge on any atom is -0.364 e. The summed E-state index contributed by atoms with van der Waals surface area (Å²) in [4.78, 5) is 28.8. The molecule has 0 radical (unpaired) electrons. The zero-order valence-electron chi connectivity index (χ0n) is 17.6. The van der Waals surface area contributed by atoms with E-state index in [-0.39, 0.29) is 23.8 Å². The molecule has 0 atom stereocenters. The van der Waals surface area contributed by atoms with Crippen molar-refractivity contribution < 1.29 is 9.59 Å². The van der Waals surface area contributed by atoms with Crippen molar-refractivity contribution in [2.75, 3.05) is 5.32 Å². The number of hydrogen-bond donors (Lipinski definition) is 2. The maximum absolute atomic E-state index is 12.7. The van der Waals surface area contributed by atoms with E-state index in [1.807, 2.05) is 26.8 Å². The molecule has 4 aromatic rings. The molecule has 2 amide bonds. The number of fused-ring (bicyclic) bond motifs is 1. The fraction of sp³-hybridized carbons (Fsp3) is 0.227. The normalized spacial score (nSPS) is 11.1. The van der Waals surface area contributed by atoms with E-state index in [1.165, 1.54) is 5.56 Å². The summed E-state index contributed by atoms with van der Waals surface area (Å²) in [6.45, 7) is 6.29. The fourth-order valence-corrected chi connectivity index (χ4v) is 3.55. The molecule has 0 spiro atoms. The molecule has 3 aromatic heterocycles. The van der Waals surface area contributed by atoms with Crippen molar-refractivity contribution in [2.24, 2.45) is 5.73 Å². The van der Waals surface area contributed by atoms with Crippen molar-refractivity contribution in [1.29, 1.82) is 0 Å². The third kappa shape index (κ3) is 3.89. The summed E-state index contributed by atoms with van der Waals surface area (Å²) < 4.78 is 3.10. The Morgan fingerprint density at radius 3 is 2.52 bits per heavy atom. The monoisotopic (exact) mass is 417 g/mol. The Bertz CT molecular complexity index is 1290. The molecule has 3 N–H and O–H groups in total. The molecule has 0 aliphatic rings. The van der Waals surface area contributed by atoms with Crippen LogP contribution in [-0.4, -0.2) is 36.4 Å². The highest BCUT2D eigenvalue weighted by Gasteiger charge is 2.19. The fourth-order valence-electron chi connectivity index (χ4n) is 3.55. The van der Waals surface area contributed by atoms with Gasteiger partial charge in [0.15, 0.2) is 11.3 Å². The van der Waals surface area contributed by atoms with E-state index in [0.29, 0.717) is 12.2 Å². The summed E-state index contributed by atoms with van der Waals surface area (Å²) in [6, 6.07) is 10.2. The topological polar surface area (TPSA) is 121 Å². The van der Waals surface area contributed by atoms with E-state index >= 15 is 0 Å². The minimum atomic E-state index is -0.702. The molecule has 0 fully saturated rings. The summed E-state index contributed by atoms with van der Waals surface area (Å²) in [5.41, 5.74) is 10.3. The number of benzene rings is 1. The highest BCUT2D eigenvalue weighted by molar-refractivity contribution is 6.02. The van der Waals surface area contributed by atoms with Crippen molar-refractivity contribution in [3.05, 3.63) is 59.7 Å².